The summed E-state index contributed by atoms with van der Waals surface area (Å²) in [7, 11) is 2.73. The molecule has 0 N–H and O–H groups in total. The van der Waals surface area contributed by atoms with Gasteiger partial charge in [0.15, 0.2) is 0 Å². The molecule has 2 aromatic carbocycles. The van der Waals surface area contributed by atoms with Crippen LogP contribution < -0.4 is 5.30 Å². The van der Waals surface area contributed by atoms with E-state index in [0.29, 0.717) is 0 Å². The van der Waals surface area contributed by atoms with E-state index in [1.807, 2.05) is 6.07 Å². The van der Waals surface area contributed by atoms with Gasteiger partial charge in [0.25, 0.3) is 0 Å². The van der Waals surface area contributed by atoms with Crippen molar-refractivity contribution in [2.24, 2.45) is 0 Å². The lowest BCUT2D eigenvalue weighted by Crippen LogP contribution is -1.91. The average Bonchev–Trinajstić information content (AvgIpc) is 2.30. The fraction of sp³-hybridized carbons (Fsp3) is 0.0667. The molecule has 0 spiro atoms. The second-order valence-electron chi connectivity index (χ2n) is 3.76. The van der Waals surface area contributed by atoms with Crippen LogP contribution in [0.4, 0.5) is 0 Å². The first kappa shape index (κ1) is 11.1. The van der Waals surface area contributed by atoms with Crippen LogP contribution in [0.5, 0.6) is 0 Å². The highest BCUT2D eigenvalue weighted by molar-refractivity contribution is 7.27. The molecule has 0 amide bonds. The molecular formula is C15H15P. The van der Waals surface area contributed by atoms with Gasteiger partial charge < -0.3 is 0 Å². The van der Waals surface area contributed by atoms with E-state index in [-0.39, 0.29) is 0 Å². The van der Waals surface area contributed by atoms with Crippen molar-refractivity contribution in [3.63, 3.8) is 0 Å². The molecule has 0 nitrogen and oxygen atoms in total. The summed E-state index contributed by atoms with van der Waals surface area (Å²) in [6.07, 6.45) is 5.35. The molecule has 2 rings (SSSR count). The second kappa shape index (κ2) is 5.63. The van der Waals surface area contributed by atoms with Crippen LogP contribution >= 0.6 is 9.24 Å². The molecule has 1 unspecified atom stereocenters. The van der Waals surface area contributed by atoms with Gasteiger partial charge >= 0.3 is 0 Å². The van der Waals surface area contributed by atoms with Crippen molar-refractivity contribution in [2.45, 2.75) is 6.42 Å². The van der Waals surface area contributed by atoms with Gasteiger partial charge in [-0.3, -0.25) is 0 Å². The van der Waals surface area contributed by atoms with E-state index in [4.69, 9.17) is 0 Å². The minimum absolute atomic E-state index is 0.983. The van der Waals surface area contributed by atoms with Crippen LogP contribution in [-0.2, 0) is 6.42 Å². The fourth-order valence-corrected chi connectivity index (χ4v) is 1.94. The summed E-state index contributed by atoms with van der Waals surface area (Å²) in [5.41, 5.74) is 2.60. The largest absolute Gasteiger partial charge is 0.106 e. The SMILES string of the molecule is Pc1cccc(C/C=C/c2ccccc2)c1. The maximum atomic E-state index is 2.73. The number of hydrogen-bond donors (Lipinski definition) is 0. The quantitative estimate of drug-likeness (QED) is 0.703. The Balaban J connectivity index is 2.00. The molecule has 0 heterocycles. The van der Waals surface area contributed by atoms with Gasteiger partial charge in [-0.1, -0.05) is 66.7 Å². The molecular weight excluding hydrogens is 211 g/mol. The van der Waals surface area contributed by atoms with E-state index >= 15 is 0 Å². The van der Waals surface area contributed by atoms with Crippen LogP contribution in [-0.4, -0.2) is 0 Å². The maximum Gasteiger partial charge on any atom is -0.00939 e. The molecule has 1 heteroatoms. The zero-order chi connectivity index (χ0) is 11.2. The summed E-state index contributed by atoms with van der Waals surface area (Å²) in [5, 5.41) is 1.24. The third-order valence-electron chi connectivity index (χ3n) is 2.41. The first-order chi connectivity index (χ1) is 7.84. The first-order valence-electron chi connectivity index (χ1n) is 5.40. The van der Waals surface area contributed by atoms with Crippen molar-refractivity contribution in [1.29, 1.82) is 0 Å². The lowest BCUT2D eigenvalue weighted by molar-refractivity contribution is 1.29. The van der Waals surface area contributed by atoms with Crippen molar-refractivity contribution < 1.29 is 0 Å². The minimum Gasteiger partial charge on any atom is -0.106 e. The molecule has 16 heavy (non-hydrogen) atoms. The highest BCUT2D eigenvalue weighted by Crippen LogP contribution is 2.05. The van der Waals surface area contributed by atoms with Gasteiger partial charge in [-0.05, 0) is 22.9 Å². The Kier molecular flexibility index (Phi) is 3.91. The zero-order valence-corrected chi connectivity index (χ0v) is 10.3. The van der Waals surface area contributed by atoms with Crippen molar-refractivity contribution >= 4 is 20.6 Å². The molecule has 1 atom stereocenters. The van der Waals surface area contributed by atoms with Crippen LogP contribution in [0.25, 0.3) is 6.08 Å². The number of benzene rings is 2. The van der Waals surface area contributed by atoms with Gasteiger partial charge in [0.2, 0.25) is 0 Å². The molecule has 0 bridgehead atoms. The Bertz CT molecular complexity index is 472. The molecule has 80 valence electrons. The third kappa shape index (κ3) is 3.32. The number of rotatable bonds is 3. The van der Waals surface area contributed by atoms with Gasteiger partial charge in [-0.25, -0.2) is 0 Å². The van der Waals surface area contributed by atoms with Gasteiger partial charge in [0.1, 0.15) is 0 Å². The van der Waals surface area contributed by atoms with Crippen LogP contribution in [0, 0.1) is 0 Å². The standard InChI is InChI=1S/C15H15P/c16-15-11-5-10-14(12-15)9-4-8-13-6-2-1-3-7-13/h1-8,10-12H,9,16H2/b8-4+. The minimum atomic E-state index is 0.983. The summed E-state index contributed by atoms with van der Waals surface area (Å²) >= 11 is 0. The monoisotopic (exact) mass is 226 g/mol. The van der Waals surface area contributed by atoms with E-state index in [1.165, 1.54) is 16.4 Å². The lowest BCUT2D eigenvalue weighted by Gasteiger charge is -1.97. The molecule has 0 aromatic heterocycles. The lowest BCUT2D eigenvalue weighted by atomic mass is 10.1. The smallest absolute Gasteiger partial charge is 0.00939 e. The van der Waals surface area contributed by atoms with Crippen LogP contribution in [0.15, 0.2) is 60.7 Å². The summed E-state index contributed by atoms with van der Waals surface area (Å²) in [5.74, 6) is 0. The summed E-state index contributed by atoms with van der Waals surface area (Å²) in [6.45, 7) is 0. The van der Waals surface area contributed by atoms with Crippen LogP contribution in [0.1, 0.15) is 11.1 Å². The Morgan fingerprint density at radius 3 is 2.50 bits per heavy atom. The number of hydrogen-bond acceptors (Lipinski definition) is 0. The molecule has 0 saturated carbocycles. The van der Waals surface area contributed by atoms with E-state index in [9.17, 15) is 0 Å². The fourth-order valence-electron chi connectivity index (χ4n) is 1.62. The first-order valence-corrected chi connectivity index (χ1v) is 5.98. The molecule has 0 aliphatic carbocycles. The highest BCUT2D eigenvalue weighted by Gasteiger charge is 1.89. The van der Waals surface area contributed by atoms with Gasteiger partial charge in [-0.2, -0.15) is 0 Å². The molecule has 0 radical (unpaired) electrons. The highest BCUT2D eigenvalue weighted by atomic mass is 31.0. The Hall–Kier alpha value is -1.39. The topological polar surface area (TPSA) is 0 Å². The van der Waals surface area contributed by atoms with Crippen molar-refractivity contribution in [3.05, 3.63) is 71.8 Å². The molecule has 0 aliphatic heterocycles. The summed E-state index contributed by atoms with van der Waals surface area (Å²) in [6, 6.07) is 18.9. The molecule has 0 saturated heterocycles. The van der Waals surface area contributed by atoms with Gasteiger partial charge in [-0.15, -0.1) is 9.24 Å². The van der Waals surface area contributed by atoms with E-state index < -0.39 is 0 Å². The Labute approximate surface area is 99.2 Å². The van der Waals surface area contributed by atoms with Crippen LogP contribution in [0.3, 0.4) is 0 Å². The predicted octanol–water partition coefficient (Wildman–Crippen LogP) is 3.44. The molecule has 0 fully saturated rings. The van der Waals surface area contributed by atoms with Gasteiger partial charge in [0, 0.05) is 0 Å². The van der Waals surface area contributed by atoms with E-state index in [0.717, 1.165) is 6.42 Å². The van der Waals surface area contributed by atoms with E-state index in [1.54, 1.807) is 0 Å². The zero-order valence-electron chi connectivity index (χ0n) is 9.14. The maximum absolute atomic E-state index is 2.73. The second-order valence-corrected chi connectivity index (χ2v) is 4.43. The van der Waals surface area contributed by atoms with Gasteiger partial charge in [0.05, 0.1) is 0 Å². The molecule has 2 aromatic rings. The normalized spacial score (nSPS) is 10.8. The predicted molar refractivity (Wildman–Crippen MR) is 75.0 cm³/mol. The average molecular weight is 226 g/mol. The third-order valence-corrected chi connectivity index (χ3v) is 2.77. The summed E-state index contributed by atoms with van der Waals surface area (Å²) in [4.78, 5) is 0. The van der Waals surface area contributed by atoms with E-state index in [2.05, 4.69) is 69.9 Å². The van der Waals surface area contributed by atoms with Crippen molar-refractivity contribution in [1.82, 2.24) is 0 Å². The van der Waals surface area contributed by atoms with Crippen molar-refractivity contribution in [3.8, 4) is 0 Å². The van der Waals surface area contributed by atoms with Crippen molar-refractivity contribution in [2.75, 3.05) is 0 Å². The number of allylic oxidation sites excluding steroid dienone is 1. The van der Waals surface area contributed by atoms with Crippen LogP contribution in [0.2, 0.25) is 0 Å². The summed E-state index contributed by atoms with van der Waals surface area (Å²) < 4.78 is 0. The Morgan fingerprint density at radius 1 is 0.938 bits per heavy atom. The molecule has 0 aliphatic rings. The Morgan fingerprint density at radius 2 is 1.75 bits per heavy atom.